The van der Waals surface area contributed by atoms with Crippen LogP contribution in [0.3, 0.4) is 0 Å². The minimum Gasteiger partial charge on any atom is -0.338 e. The van der Waals surface area contributed by atoms with Crippen molar-refractivity contribution in [1.29, 1.82) is 0 Å². The van der Waals surface area contributed by atoms with E-state index in [2.05, 4.69) is 25.7 Å². The van der Waals surface area contributed by atoms with E-state index in [1.54, 1.807) is 4.68 Å². The first-order valence-corrected chi connectivity index (χ1v) is 9.06. The monoisotopic (exact) mass is 364 g/mol. The highest BCUT2D eigenvalue weighted by molar-refractivity contribution is 7.98. The van der Waals surface area contributed by atoms with Crippen molar-refractivity contribution >= 4 is 11.8 Å². The molecule has 0 amide bonds. The summed E-state index contributed by atoms with van der Waals surface area (Å²) >= 11 is 1.45. The van der Waals surface area contributed by atoms with Crippen LogP contribution in [0.1, 0.15) is 17.0 Å². The van der Waals surface area contributed by atoms with Gasteiger partial charge in [-0.2, -0.15) is 9.67 Å². The van der Waals surface area contributed by atoms with Gasteiger partial charge in [0.1, 0.15) is 0 Å². The van der Waals surface area contributed by atoms with E-state index < -0.39 is 0 Å². The molecule has 0 aliphatic rings. The van der Waals surface area contributed by atoms with Crippen LogP contribution in [0.15, 0.2) is 58.2 Å². The number of hydrogen-bond donors (Lipinski definition) is 0. The summed E-state index contributed by atoms with van der Waals surface area (Å²) in [5.74, 6) is 1.61. The first-order valence-electron chi connectivity index (χ1n) is 8.07. The number of nitrogens with zero attached hydrogens (tertiary/aromatic N) is 6. The number of rotatable bonds is 5. The molecule has 2 aromatic heterocycles. The minimum atomic E-state index is 0.491. The Kier molecular flexibility index (Phi) is 4.49. The summed E-state index contributed by atoms with van der Waals surface area (Å²) in [6, 6.07) is 16.0. The molecule has 0 unspecified atom stereocenters. The van der Waals surface area contributed by atoms with Crippen molar-refractivity contribution in [2.45, 2.75) is 24.8 Å². The molecule has 0 aliphatic heterocycles. The van der Waals surface area contributed by atoms with Crippen LogP contribution in [0.5, 0.6) is 0 Å². The number of tetrazole rings is 1. The molecule has 7 nitrogen and oxygen atoms in total. The maximum absolute atomic E-state index is 5.36. The molecule has 2 aromatic carbocycles. The van der Waals surface area contributed by atoms with Gasteiger partial charge < -0.3 is 4.52 Å². The lowest BCUT2D eigenvalue weighted by molar-refractivity contribution is 0.391. The lowest BCUT2D eigenvalue weighted by Gasteiger charge is -2.06. The van der Waals surface area contributed by atoms with E-state index in [1.807, 2.05) is 62.4 Å². The number of thioether (sulfide) groups is 1. The van der Waals surface area contributed by atoms with E-state index in [1.165, 1.54) is 17.3 Å². The van der Waals surface area contributed by atoms with E-state index >= 15 is 0 Å². The Labute approximate surface area is 154 Å². The quantitative estimate of drug-likeness (QED) is 0.500. The fraction of sp³-hybridized carbons (Fsp3) is 0.167. The van der Waals surface area contributed by atoms with Gasteiger partial charge in [-0.15, -0.1) is 5.10 Å². The standard InChI is InChI=1S/C18H16N6OS/c1-12-7-9-14(10-8-12)17-19-16(25-21-17)11-26-18-20-22-23-24(18)15-6-4-3-5-13(15)2/h3-10H,11H2,1-2H3. The fourth-order valence-corrected chi connectivity index (χ4v) is 3.20. The third kappa shape index (κ3) is 3.36. The number of hydrogen-bond acceptors (Lipinski definition) is 7. The van der Waals surface area contributed by atoms with Crippen LogP contribution in [-0.4, -0.2) is 30.3 Å². The number of para-hydroxylation sites is 1. The summed E-state index contributed by atoms with van der Waals surface area (Å²) < 4.78 is 7.08. The lowest BCUT2D eigenvalue weighted by atomic mass is 10.1. The summed E-state index contributed by atoms with van der Waals surface area (Å²) in [7, 11) is 0. The highest BCUT2D eigenvalue weighted by Crippen LogP contribution is 2.24. The van der Waals surface area contributed by atoms with Crippen LogP contribution in [0.2, 0.25) is 0 Å². The number of aryl methyl sites for hydroxylation is 2. The molecule has 0 radical (unpaired) electrons. The molecule has 4 aromatic rings. The Morgan fingerprint density at radius 2 is 1.85 bits per heavy atom. The molecule has 26 heavy (non-hydrogen) atoms. The van der Waals surface area contributed by atoms with Gasteiger partial charge in [0.05, 0.1) is 11.4 Å². The predicted molar refractivity (Wildman–Crippen MR) is 97.9 cm³/mol. The Bertz CT molecular complexity index is 1020. The van der Waals surface area contributed by atoms with Crippen LogP contribution in [0.25, 0.3) is 17.1 Å². The first-order chi connectivity index (χ1) is 12.7. The molecule has 2 heterocycles. The number of benzene rings is 2. The third-order valence-electron chi connectivity index (χ3n) is 3.89. The van der Waals surface area contributed by atoms with Crippen molar-refractivity contribution in [2.24, 2.45) is 0 Å². The molecular formula is C18H16N6OS. The molecule has 0 saturated heterocycles. The van der Waals surface area contributed by atoms with Crippen molar-refractivity contribution in [3.8, 4) is 17.1 Å². The van der Waals surface area contributed by atoms with Gasteiger partial charge in [0.25, 0.3) is 0 Å². The summed E-state index contributed by atoms with van der Waals surface area (Å²) in [5, 5.41) is 16.7. The second-order valence-corrected chi connectivity index (χ2v) is 6.77. The summed E-state index contributed by atoms with van der Waals surface area (Å²) in [6.45, 7) is 4.07. The smallest absolute Gasteiger partial charge is 0.237 e. The van der Waals surface area contributed by atoms with E-state index in [-0.39, 0.29) is 0 Å². The van der Waals surface area contributed by atoms with Crippen LogP contribution in [0, 0.1) is 13.8 Å². The Hall–Kier alpha value is -3.00. The average molecular weight is 364 g/mol. The van der Waals surface area contributed by atoms with Crippen LogP contribution in [-0.2, 0) is 5.75 Å². The molecule has 0 aliphatic carbocycles. The topological polar surface area (TPSA) is 82.5 Å². The maximum atomic E-state index is 5.36. The van der Waals surface area contributed by atoms with Crippen molar-refractivity contribution < 1.29 is 4.52 Å². The van der Waals surface area contributed by atoms with Gasteiger partial charge in [0, 0.05) is 5.56 Å². The molecule has 0 fully saturated rings. The van der Waals surface area contributed by atoms with Crippen molar-refractivity contribution in [3.05, 3.63) is 65.5 Å². The normalized spacial score (nSPS) is 11.0. The predicted octanol–water partition coefficient (Wildman–Crippen LogP) is 3.62. The summed E-state index contributed by atoms with van der Waals surface area (Å²) in [6.07, 6.45) is 0. The van der Waals surface area contributed by atoms with Gasteiger partial charge in [0.2, 0.25) is 16.9 Å². The van der Waals surface area contributed by atoms with E-state index in [9.17, 15) is 0 Å². The molecule has 130 valence electrons. The zero-order valence-electron chi connectivity index (χ0n) is 14.3. The van der Waals surface area contributed by atoms with E-state index in [0.717, 1.165) is 16.8 Å². The first kappa shape index (κ1) is 16.5. The highest BCUT2D eigenvalue weighted by Gasteiger charge is 2.14. The lowest BCUT2D eigenvalue weighted by Crippen LogP contribution is -2.01. The van der Waals surface area contributed by atoms with Crippen LogP contribution >= 0.6 is 11.8 Å². The molecule has 8 heteroatoms. The van der Waals surface area contributed by atoms with E-state index in [4.69, 9.17) is 4.52 Å². The second kappa shape index (κ2) is 7.09. The van der Waals surface area contributed by atoms with Gasteiger partial charge in [0.15, 0.2) is 0 Å². The van der Waals surface area contributed by atoms with Gasteiger partial charge in [-0.1, -0.05) is 64.9 Å². The zero-order chi connectivity index (χ0) is 17.9. The molecule has 0 spiro atoms. The van der Waals surface area contributed by atoms with Gasteiger partial charge in [-0.3, -0.25) is 0 Å². The summed E-state index contributed by atoms with van der Waals surface area (Å²) in [5.41, 5.74) is 4.17. The molecular weight excluding hydrogens is 348 g/mol. The second-order valence-electron chi connectivity index (χ2n) is 5.83. The molecule has 4 rings (SSSR count). The Morgan fingerprint density at radius 1 is 1.04 bits per heavy atom. The number of aromatic nitrogens is 6. The Balaban J connectivity index is 1.50. The molecule has 0 bridgehead atoms. The van der Waals surface area contributed by atoms with E-state index in [0.29, 0.717) is 22.6 Å². The third-order valence-corrected chi connectivity index (χ3v) is 4.79. The average Bonchev–Trinajstić information content (AvgIpc) is 3.30. The molecule has 0 atom stereocenters. The van der Waals surface area contributed by atoms with Crippen molar-refractivity contribution in [1.82, 2.24) is 30.3 Å². The SMILES string of the molecule is Cc1ccc(-c2noc(CSc3nnnn3-c3ccccc3C)n2)cc1. The van der Waals surface area contributed by atoms with Crippen LogP contribution in [0.4, 0.5) is 0 Å². The fourth-order valence-electron chi connectivity index (χ4n) is 2.48. The molecule has 0 saturated carbocycles. The highest BCUT2D eigenvalue weighted by atomic mass is 32.2. The van der Waals surface area contributed by atoms with Gasteiger partial charge in [-0.05, 0) is 35.9 Å². The van der Waals surface area contributed by atoms with Crippen LogP contribution < -0.4 is 0 Å². The maximum Gasteiger partial charge on any atom is 0.237 e. The molecule has 0 N–H and O–H groups in total. The van der Waals surface area contributed by atoms with Gasteiger partial charge in [-0.25, -0.2) is 0 Å². The van der Waals surface area contributed by atoms with Crippen molar-refractivity contribution in [2.75, 3.05) is 0 Å². The Morgan fingerprint density at radius 3 is 2.65 bits per heavy atom. The van der Waals surface area contributed by atoms with Gasteiger partial charge >= 0.3 is 0 Å². The van der Waals surface area contributed by atoms with Crippen molar-refractivity contribution in [3.63, 3.8) is 0 Å². The zero-order valence-corrected chi connectivity index (χ0v) is 15.1. The largest absolute Gasteiger partial charge is 0.338 e. The minimum absolute atomic E-state index is 0.491. The summed E-state index contributed by atoms with van der Waals surface area (Å²) in [4.78, 5) is 4.45.